The standard InChI is InChI=1S/C25H35N3O7S2/c1-17-6-9-22(10-7-17)37(33,34)27(4)15-24-18(2)14-28(19(3)16-29)25(30)13-20-12-21(26-36(5,31)32)8-11-23(20)35-24/h6-12,18-19,24,26,29H,13-16H2,1-5H3/t18-,19+,24+/m1/s1. The number of benzene rings is 2. The van der Waals surface area contributed by atoms with Crippen LogP contribution in [0.1, 0.15) is 25.0 Å². The first-order valence-electron chi connectivity index (χ1n) is 11.9. The van der Waals surface area contributed by atoms with Gasteiger partial charge in [-0.05, 0) is 44.2 Å². The summed E-state index contributed by atoms with van der Waals surface area (Å²) in [7, 11) is -5.86. The van der Waals surface area contributed by atoms with E-state index in [1.54, 1.807) is 42.2 Å². The molecule has 2 aromatic rings. The van der Waals surface area contributed by atoms with E-state index in [0.29, 0.717) is 11.3 Å². The molecule has 1 aliphatic heterocycles. The van der Waals surface area contributed by atoms with Crippen molar-refractivity contribution in [3.8, 4) is 5.75 Å². The largest absolute Gasteiger partial charge is 0.488 e. The van der Waals surface area contributed by atoms with Crippen molar-refractivity contribution in [2.45, 2.75) is 44.2 Å². The van der Waals surface area contributed by atoms with E-state index in [1.165, 1.54) is 23.5 Å². The molecule has 1 aliphatic rings. The Hall–Kier alpha value is -2.67. The number of aryl methyl sites for hydroxylation is 1. The van der Waals surface area contributed by atoms with Gasteiger partial charge in [-0.25, -0.2) is 16.8 Å². The Morgan fingerprint density at radius 2 is 1.81 bits per heavy atom. The number of hydrogen-bond acceptors (Lipinski definition) is 7. The smallest absolute Gasteiger partial charge is 0.242 e. The monoisotopic (exact) mass is 553 g/mol. The first-order valence-corrected chi connectivity index (χ1v) is 15.2. The number of ether oxygens (including phenoxy) is 1. The Kier molecular flexibility index (Phi) is 8.89. The van der Waals surface area contributed by atoms with Crippen LogP contribution in [0.2, 0.25) is 0 Å². The van der Waals surface area contributed by atoms with Crippen molar-refractivity contribution in [2.24, 2.45) is 5.92 Å². The van der Waals surface area contributed by atoms with Gasteiger partial charge in [-0.15, -0.1) is 0 Å². The predicted molar refractivity (Wildman–Crippen MR) is 141 cm³/mol. The van der Waals surface area contributed by atoms with E-state index in [9.17, 15) is 26.7 Å². The Balaban J connectivity index is 1.99. The zero-order chi connectivity index (χ0) is 27.5. The average molecular weight is 554 g/mol. The normalized spacial score (nSPS) is 19.9. The van der Waals surface area contributed by atoms with Crippen LogP contribution in [0, 0.1) is 12.8 Å². The molecule has 0 saturated carbocycles. The van der Waals surface area contributed by atoms with Crippen molar-refractivity contribution in [3.63, 3.8) is 0 Å². The molecule has 0 saturated heterocycles. The zero-order valence-electron chi connectivity index (χ0n) is 21.7. The van der Waals surface area contributed by atoms with Gasteiger partial charge >= 0.3 is 0 Å². The number of aliphatic hydroxyl groups is 1. The van der Waals surface area contributed by atoms with Crippen LogP contribution in [-0.2, 0) is 31.3 Å². The predicted octanol–water partition coefficient (Wildman–Crippen LogP) is 1.84. The number of aliphatic hydroxyl groups excluding tert-OH is 1. The SMILES string of the molecule is Cc1ccc(S(=O)(=O)N(C)C[C@@H]2Oc3ccc(NS(C)(=O)=O)cc3CC(=O)N([C@@H](C)CO)C[C@H]2C)cc1. The molecule has 2 aromatic carbocycles. The molecule has 0 fully saturated rings. The number of anilines is 1. The van der Waals surface area contributed by atoms with Crippen molar-refractivity contribution in [3.05, 3.63) is 53.6 Å². The minimum Gasteiger partial charge on any atom is -0.488 e. The summed E-state index contributed by atoms with van der Waals surface area (Å²) >= 11 is 0. The van der Waals surface area contributed by atoms with E-state index in [0.717, 1.165) is 11.8 Å². The molecule has 0 aliphatic carbocycles. The van der Waals surface area contributed by atoms with Gasteiger partial charge in [0.05, 0.1) is 36.8 Å². The van der Waals surface area contributed by atoms with Gasteiger partial charge in [0.25, 0.3) is 0 Å². The third kappa shape index (κ3) is 7.22. The molecule has 10 nitrogen and oxygen atoms in total. The molecule has 0 aromatic heterocycles. The lowest BCUT2D eigenvalue weighted by molar-refractivity contribution is -0.134. The second-order valence-electron chi connectivity index (χ2n) is 9.68. The van der Waals surface area contributed by atoms with E-state index in [2.05, 4.69) is 4.72 Å². The minimum absolute atomic E-state index is 0.00962. The van der Waals surface area contributed by atoms with Gasteiger partial charge in [-0.3, -0.25) is 9.52 Å². The van der Waals surface area contributed by atoms with E-state index >= 15 is 0 Å². The summed E-state index contributed by atoms with van der Waals surface area (Å²) in [6.45, 7) is 5.48. The number of nitrogens with zero attached hydrogens (tertiary/aromatic N) is 2. The number of rotatable bonds is 8. The highest BCUT2D eigenvalue weighted by atomic mass is 32.2. The maximum Gasteiger partial charge on any atom is 0.242 e. The molecular formula is C25H35N3O7S2. The fourth-order valence-electron chi connectivity index (χ4n) is 4.17. The molecule has 3 rings (SSSR count). The first kappa shape index (κ1) is 28.9. The van der Waals surface area contributed by atoms with Gasteiger partial charge in [0.2, 0.25) is 26.0 Å². The van der Waals surface area contributed by atoms with Crippen LogP contribution in [0.5, 0.6) is 5.75 Å². The lowest BCUT2D eigenvalue weighted by atomic mass is 10.0. The van der Waals surface area contributed by atoms with Crippen molar-refractivity contribution < 1.29 is 31.5 Å². The minimum atomic E-state index is -3.80. The summed E-state index contributed by atoms with van der Waals surface area (Å²) in [5.41, 5.74) is 1.68. The van der Waals surface area contributed by atoms with Gasteiger partial charge in [-0.2, -0.15) is 4.31 Å². The zero-order valence-corrected chi connectivity index (χ0v) is 23.3. The van der Waals surface area contributed by atoms with Crippen molar-refractivity contribution in [1.82, 2.24) is 9.21 Å². The molecule has 0 radical (unpaired) electrons. The van der Waals surface area contributed by atoms with Gasteiger partial charge in [-0.1, -0.05) is 24.6 Å². The Morgan fingerprint density at radius 1 is 1.16 bits per heavy atom. The lowest BCUT2D eigenvalue weighted by Crippen LogP contribution is -2.48. The highest BCUT2D eigenvalue weighted by Crippen LogP contribution is 2.30. The number of fused-ring (bicyclic) bond motifs is 1. The summed E-state index contributed by atoms with van der Waals surface area (Å²) < 4.78 is 59.9. The number of hydrogen-bond donors (Lipinski definition) is 2. The van der Waals surface area contributed by atoms with Gasteiger partial charge in [0.15, 0.2) is 0 Å². The molecule has 204 valence electrons. The third-order valence-corrected chi connectivity index (χ3v) is 8.83. The molecule has 0 spiro atoms. The van der Waals surface area contributed by atoms with E-state index in [4.69, 9.17) is 4.74 Å². The summed E-state index contributed by atoms with van der Waals surface area (Å²) in [5, 5.41) is 9.76. The Labute approximate surface area is 219 Å². The van der Waals surface area contributed by atoms with Crippen molar-refractivity contribution in [2.75, 3.05) is 37.7 Å². The van der Waals surface area contributed by atoms with Crippen LogP contribution >= 0.6 is 0 Å². The number of carbonyl (C=O) groups excluding carboxylic acids is 1. The number of sulfonamides is 2. The van der Waals surface area contributed by atoms with E-state index in [-0.39, 0.29) is 48.5 Å². The number of likely N-dealkylation sites (N-methyl/N-ethyl adjacent to an activating group) is 1. The summed E-state index contributed by atoms with van der Waals surface area (Å²) in [4.78, 5) is 15.0. The highest BCUT2D eigenvalue weighted by Gasteiger charge is 2.33. The Bertz CT molecular complexity index is 1330. The summed E-state index contributed by atoms with van der Waals surface area (Å²) in [6.07, 6.45) is 0.316. The first-order chi connectivity index (χ1) is 17.2. The van der Waals surface area contributed by atoms with Crippen LogP contribution in [-0.4, -0.2) is 82.2 Å². The van der Waals surface area contributed by atoms with Crippen LogP contribution in [0.3, 0.4) is 0 Å². The molecule has 0 bridgehead atoms. The Morgan fingerprint density at radius 3 is 2.41 bits per heavy atom. The van der Waals surface area contributed by atoms with Gasteiger partial charge < -0.3 is 14.7 Å². The maximum atomic E-state index is 13.2. The van der Waals surface area contributed by atoms with Gasteiger partial charge in [0.1, 0.15) is 11.9 Å². The van der Waals surface area contributed by atoms with Crippen molar-refractivity contribution in [1.29, 1.82) is 0 Å². The van der Waals surface area contributed by atoms with Crippen molar-refractivity contribution >= 4 is 31.6 Å². The molecule has 2 N–H and O–H groups in total. The third-order valence-electron chi connectivity index (χ3n) is 6.39. The molecule has 0 unspecified atom stereocenters. The van der Waals surface area contributed by atoms with E-state index in [1.807, 2.05) is 13.8 Å². The van der Waals surface area contributed by atoms with Crippen LogP contribution in [0.15, 0.2) is 47.4 Å². The average Bonchev–Trinajstić information content (AvgIpc) is 2.85. The quantitative estimate of drug-likeness (QED) is 0.510. The second kappa shape index (κ2) is 11.4. The molecule has 12 heteroatoms. The van der Waals surface area contributed by atoms with Crippen LogP contribution < -0.4 is 9.46 Å². The summed E-state index contributed by atoms with van der Waals surface area (Å²) in [5.74, 6) is -0.187. The summed E-state index contributed by atoms with van der Waals surface area (Å²) in [6, 6.07) is 10.8. The molecule has 1 amide bonds. The molecule has 37 heavy (non-hydrogen) atoms. The number of amides is 1. The fourth-order valence-corrected chi connectivity index (χ4v) is 5.90. The number of nitrogens with one attached hydrogen (secondary N) is 1. The fraction of sp³-hybridized carbons (Fsp3) is 0.480. The molecule has 1 heterocycles. The second-order valence-corrected chi connectivity index (χ2v) is 13.5. The molecule has 3 atom stereocenters. The maximum absolute atomic E-state index is 13.2. The molecular weight excluding hydrogens is 518 g/mol. The van der Waals surface area contributed by atoms with E-state index < -0.39 is 32.2 Å². The lowest BCUT2D eigenvalue weighted by Gasteiger charge is -2.33. The van der Waals surface area contributed by atoms with Crippen LogP contribution in [0.4, 0.5) is 5.69 Å². The topological polar surface area (TPSA) is 133 Å². The van der Waals surface area contributed by atoms with Gasteiger partial charge in [0, 0.05) is 30.8 Å². The number of carbonyl (C=O) groups is 1. The highest BCUT2D eigenvalue weighted by molar-refractivity contribution is 7.92. The van der Waals surface area contributed by atoms with Crippen LogP contribution in [0.25, 0.3) is 0 Å².